The van der Waals surface area contributed by atoms with Crippen LogP contribution in [0.5, 0.6) is 0 Å². The van der Waals surface area contributed by atoms with Crippen LogP contribution in [-0.2, 0) is 24.0 Å². The van der Waals surface area contributed by atoms with Crippen LogP contribution in [-0.4, -0.2) is 77.0 Å². The third-order valence-corrected chi connectivity index (χ3v) is 3.48. The first-order valence-corrected chi connectivity index (χ1v) is 8.57. The standard InChI is InChI=1S/C15H27N7O7/c1-7(14(28)29)21-10(23)6-20-13(27)9(3-2-4-19-15(17)18)22-12(26)8(16)5-11(24)25/h7-9H,2-6,16H2,1H3,(H,20,27)(H,21,23)(H,22,26)(H,24,25)(H,28,29)(H4,17,18,19). The second kappa shape index (κ2) is 12.9. The lowest BCUT2D eigenvalue weighted by Crippen LogP contribution is -2.53. The minimum atomic E-state index is -1.37. The summed E-state index contributed by atoms with van der Waals surface area (Å²) in [6.45, 7) is 0.885. The molecule has 0 radical (unpaired) electrons. The van der Waals surface area contributed by atoms with E-state index in [1.807, 2.05) is 0 Å². The van der Waals surface area contributed by atoms with Gasteiger partial charge in [-0.2, -0.15) is 0 Å². The lowest BCUT2D eigenvalue weighted by Gasteiger charge is -2.20. The number of carboxylic acid groups (broad SMARTS) is 2. The van der Waals surface area contributed by atoms with Crippen molar-refractivity contribution in [3.05, 3.63) is 0 Å². The normalized spacial score (nSPS) is 13.3. The molecule has 0 bridgehead atoms. The number of hydrogen-bond donors (Lipinski definition) is 8. The van der Waals surface area contributed by atoms with Crippen molar-refractivity contribution in [2.75, 3.05) is 13.1 Å². The highest BCUT2D eigenvalue weighted by molar-refractivity contribution is 5.93. The van der Waals surface area contributed by atoms with Crippen LogP contribution >= 0.6 is 0 Å². The summed E-state index contributed by atoms with van der Waals surface area (Å²) in [4.78, 5) is 61.1. The van der Waals surface area contributed by atoms with E-state index in [2.05, 4.69) is 20.9 Å². The van der Waals surface area contributed by atoms with E-state index in [4.69, 9.17) is 27.4 Å². The summed E-state index contributed by atoms with van der Waals surface area (Å²) in [6, 6.07) is -3.66. The van der Waals surface area contributed by atoms with E-state index in [1.165, 1.54) is 6.92 Å². The molecule has 0 saturated carbocycles. The van der Waals surface area contributed by atoms with Crippen molar-refractivity contribution in [1.82, 2.24) is 16.0 Å². The molecule has 164 valence electrons. The molecule has 3 amide bonds. The fourth-order valence-corrected chi connectivity index (χ4v) is 1.98. The van der Waals surface area contributed by atoms with Gasteiger partial charge in [0, 0.05) is 6.54 Å². The molecule has 0 rings (SSSR count). The minimum absolute atomic E-state index is 0.0707. The second-order valence-corrected chi connectivity index (χ2v) is 6.06. The molecule has 0 aromatic heterocycles. The topological polar surface area (TPSA) is 252 Å². The molecule has 0 heterocycles. The number of guanidine groups is 1. The van der Waals surface area contributed by atoms with Crippen LogP contribution in [0.25, 0.3) is 0 Å². The van der Waals surface area contributed by atoms with E-state index in [0.717, 1.165) is 0 Å². The monoisotopic (exact) mass is 417 g/mol. The van der Waals surface area contributed by atoms with E-state index >= 15 is 0 Å². The van der Waals surface area contributed by atoms with Crippen molar-refractivity contribution in [2.24, 2.45) is 22.2 Å². The van der Waals surface area contributed by atoms with Crippen molar-refractivity contribution >= 4 is 35.6 Å². The highest BCUT2D eigenvalue weighted by Gasteiger charge is 2.25. The summed E-state index contributed by atoms with van der Waals surface area (Å²) < 4.78 is 0. The van der Waals surface area contributed by atoms with Crippen LogP contribution in [0, 0.1) is 0 Å². The molecular formula is C15H27N7O7. The Morgan fingerprint density at radius 2 is 1.66 bits per heavy atom. The zero-order chi connectivity index (χ0) is 22.6. The molecule has 0 aliphatic carbocycles. The molecule has 3 unspecified atom stereocenters. The zero-order valence-corrected chi connectivity index (χ0v) is 15.9. The van der Waals surface area contributed by atoms with Crippen LogP contribution < -0.4 is 33.2 Å². The van der Waals surface area contributed by atoms with Gasteiger partial charge in [0.05, 0.1) is 19.0 Å². The fourth-order valence-electron chi connectivity index (χ4n) is 1.98. The Morgan fingerprint density at radius 1 is 1.03 bits per heavy atom. The molecule has 0 aromatic carbocycles. The van der Waals surface area contributed by atoms with Gasteiger partial charge in [-0.05, 0) is 19.8 Å². The van der Waals surface area contributed by atoms with Gasteiger partial charge in [0.15, 0.2) is 5.96 Å². The molecule has 14 nitrogen and oxygen atoms in total. The predicted octanol–water partition coefficient (Wildman–Crippen LogP) is -3.97. The zero-order valence-electron chi connectivity index (χ0n) is 15.9. The Bertz CT molecular complexity index is 649. The van der Waals surface area contributed by atoms with Crippen LogP contribution in [0.4, 0.5) is 0 Å². The summed E-state index contributed by atoms with van der Waals surface area (Å²) in [5.41, 5.74) is 15.9. The maximum absolute atomic E-state index is 12.3. The van der Waals surface area contributed by atoms with E-state index < -0.39 is 60.8 Å². The number of hydrogen-bond acceptors (Lipinski definition) is 7. The van der Waals surface area contributed by atoms with E-state index in [9.17, 15) is 24.0 Å². The SMILES string of the molecule is CC(NC(=O)CNC(=O)C(CCCN=C(N)N)NC(=O)C(N)CC(=O)O)C(=O)O. The van der Waals surface area contributed by atoms with Crippen molar-refractivity contribution in [1.29, 1.82) is 0 Å². The highest BCUT2D eigenvalue weighted by atomic mass is 16.4. The number of aliphatic carboxylic acids is 2. The Hall–Kier alpha value is -3.42. The number of aliphatic imine (C=N–C) groups is 1. The van der Waals surface area contributed by atoms with E-state index in [0.29, 0.717) is 0 Å². The summed E-state index contributed by atoms with van der Waals surface area (Å²) >= 11 is 0. The van der Waals surface area contributed by atoms with Crippen LogP contribution in [0.3, 0.4) is 0 Å². The summed E-state index contributed by atoms with van der Waals surface area (Å²) in [7, 11) is 0. The number of carbonyl (C=O) groups excluding carboxylic acids is 3. The molecule has 11 N–H and O–H groups in total. The molecule has 3 atom stereocenters. The maximum atomic E-state index is 12.3. The smallest absolute Gasteiger partial charge is 0.325 e. The van der Waals surface area contributed by atoms with Gasteiger partial charge in [-0.3, -0.25) is 29.0 Å². The average Bonchev–Trinajstić information content (AvgIpc) is 2.60. The molecule has 14 heteroatoms. The third-order valence-electron chi connectivity index (χ3n) is 3.48. The van der Waals surface area contributed by atoms with Gasteiger partial charge in [0.25, 0.3) is 0 Å². The van der Waals surface area contributed by atoms with Gasteiger partial charge in [0.1, 0.15) is 12.1 Å². The van der Waals surface area contributed by atoms with E-state index in [1.54, 1.807) is 0 Å². The molecule has 0 aromatic rings. The van der Waals surface area contributed by atoms with Gasteiger partial charge in [0.2, 0.25) is 17.7 Å². The Kier molecular flexibility index (Phi) is 11.4. The third kappa shape index (κ3) is 11.8. The first-order chi connectivity index (χ1) is 13.4. The van der Waals surface area contributed by atoms with Gasteiger partial charge in [-0.15, -0.1) is 0 Å². The minimum Gasteiger partial charge on any atom is -0.481 e. The summed E-state index contributed by atoms with van der Waals surface area (Å²) in [5, 5.41) is 24.2. The highest BCUT2D eigenvalue weighted by Crippen LogP contribution is 2.01. The quantitative estimate of drug-likeness (QED) is 0.0819. The van der Waals surface area contributed by atoms with Crippen LogP contribution in [0.2, 0.25) is 0 Å². The van der Waals surface area contributed by atoms with Crippen LogP contribution in [0.1, 0.15) is 26.2 Å². The predicted molar refractivity (Wildman–Crippen MR) is 100 cm³/mol. The Balaban J connectivity index is 4.88. The Morgan fingerprint density at radius 3 is 2.17 bits per heavy atom. The number of carbonyl (C=O) groups is 5. The fraction of sp³-hybridized carbons (Fsp3) is 0.600. The lowest BCUT2D eigenvalue weighted by molar-refractivity contribution is -0.141. The Labute approximate surface area is 166 Å². The molecule has 29 heavy (non-hydrogen) atoms. The second-order valence-electron chi connectivity index (χ2n) is 6.06. The van der Waals surface area contributed by atoms with Gasteiger partial charge in [-0.1, -0.05) is 0 Å². The maximum Gasteiger partial charge on any atom is 0.325 e. The first kappa shape index (κ1) is 25.6. The average molecular weight is 417 g/mol. The number of rotatable bonds is 13. The van der Waals surface area contributed by atoms with Gasteiger partial charge >= 0.3 is 11.9 Å². The first-order valence-electron chi connectivity index (χ1n) is 8.57. The van der Waals surface area contributed by atoms with Crippen molar-refractivity contribution < 1.29 is 34.2 Å². The molecule has 0 aliphatic heterocycles. The summed E-state index contributed by atoms with van der Waals surface area (Å²) in [5.74, 6) is -5.04. The molecule has 0 aliphatic rings. The van der Waals surface area contributed by atoms with Gasteiger partial charge in [-0.25, -0.2) is 0 Å². The molecule has 0 fully saturated rings. The largest absolute Gasteiger partial charge is 0.481 e. The number of nitrogens with two attached hydrogens (primary N) is 3. The number of carboxylic acids is 2. The number of amides is 3. The lowest BCUT2D eigenvalue weighted by atomic mass is 10.1. The number of nitrogens with one attached hydrogen (secondary N) is 3. The molecule has 0 spiro atoms. The summed E-state index contributed by atoms with van der Waals surface area (Å²) in [6.07, 6.45) is -0.280. The van der Waals surface area contributed by atoms with Crippen LogP contribution in [0.15, 0.2) is 4.99 Å². The van der Waals surface area contributed by atoms with Crippen molar-refractivity contribution in [3.8, 4) is 0 Å². The molecule has 0 saturated heterocycles. The van der Waals surface area contributed by atoms with Crippen molar-refractivity contribution in [2.45, 2.75) is 44.3 Å². The van der Waals surface area contributed by atoms with Crippen molar-refractivity contribution in [3.63, 3.8) is 0 Å². The molecular weight excluding hydrogens is 390 g/mol. The number of nitrogens with zero attached hydrogens (tertiary/aromatic N) is 1. The van der Waals surface area contributed by atoms with Gasteiger partial charge < -0.3 is 43.4 Å². The van der Waals surface area contributed by atoms with E-state index in [-0.39, 0.29) is 25.3 Å².